The van der Waals surface area contributed by atoms with Crippen LogP contribution in [0.4, 0.5) is 5.82 Å². The zero-order chi connectivity index (χ0) is 16.5. The summed E-state index contributed by atoms with van der Waals surface area (Å²) in [6, 6.07) is 15.5. The van der Waals surface area contributed by atoms with Crippen LogP contribution in [-0.4, -0.2) is 20.7 Å². The lowest BCUT2D eigenvalue weighted by atomic mass is 10.2. The number of anilines is 1. The largest absolute Gasteiger partial charge is 0.305 e. The smallest absolute Gasteiger partial charge is 0.277 e. The minimum absolute atomic E-state index is 0.194. The molecule has 5 heteroatoms. The number of hydrogen-bond acceptors (Lipinski definition) is 3. The zero-order valence-electron chi connectivity index (χ0n) is 13.5. The fraction of sp³-hybridized carbons (Fsp3) is 0.211. The lowest BCUT2D eigenvalue weighted by Crippen LogP contribution is -2.16. The maximum atomic E-state index is 12.7. The standard InChI is InChI=1S/C19H18N4O/c1-13-7-5-12-17(20-13)21-19(24)18-15-10-6-11-16(15)23(22-18)14-8-3-2-4-9-14/h2-5,7-9,12H,6,10-11H2,1H3,(H,20,21,24). The average Bonchev–Trinajstić information content (AvgIpc) is 3.17. The predicted molar refractivity (Wildman–Crippen MR) is 92.5 cm³/mol. The number of amides is 1. The van der Waals surface area contributed by atoms with E-state index >= 15 is 0 Å². The van der Waals surface area contributed by atoms with Crippen LogP contribution in [0.25, 0.3) is 5.69 Å². The van der Waals surface area contributed by atoms with E-state index in [0.717, 1.165) is 41.9 Å². The highest BCUT2D eigenvalue weighted by Crippen LogP contribution is 2.28. The molecule has 0 radical (unpaired) electrons. The highest BCUT2D eigenvalue weighted by molar-refractivity contribution is 6.03. The summed E-state index contributed by atoms with van der Waals surface area (Å²) in [6.07, 6.45) is 2.91. The molecule has 0 saturated heterocycles. The van der Waals surface area contributed by atoms with Crippen LogP contribution in [0, 0.1) is 6.92 Å². The molecule has 3 aromatic rings. The lowest BCUT2D eigenvalue weighted by Gasteiger charge is -2.05. The molecule has 0 atom stereocenters. The van der Waals surface area contributed by atoms with Crippen molar-refractivity contribution < 1.29 is 4.79 Å². The van der Waals surface area contributed by atoms with E-state index in [2.05, 4.69) is 15.4 Å². The van der Waals surface area contributed by atoms with Crippen LogP contribution in [-0.2, 0) is 12.8 Å². The topological polar surface area (TPSA) is 59.8 Å². The summed E-state index contributed by atoms with van der Waals surface area (Å²) in [5.74, 6) is 0.363. The molecule has 1 N–H and O–H groups in total. The molecule has 4 rings (SSSR count). The van der Waals surface area contributed by atoms with Gasteiger partial charge in [0.15, 0.2) is 5.69 Å². The van der Waals surface area contributed by atoms with E-state index in [9.17, 15) is 4.79 Å². The Morgan fingerprint density at radius 2 is 1.92 bits per heavy atom. The molecule has 0 bridgehead atoms. The van der Waals surface area contributed by atoms with Gasteiger partial charge >= 0.3 is 0 Å². The van der Waals surface area contributed by atoms with Crippen molar-refractivity contribution in [3.05, 3.63) is 71.2 Å². The Morgan fingerprint density at radius 3 is 2.71 bits per heavy atom. The van der Waals surface area contributed by atoms with Gasteiger partial charge in [-0.15, -0.1) is 0 Å². The number of carbonyl (C=O) groups excluding carboxylic acids is 1. The molecule has 24 heavy (non-hydrogen) atoms. The molecule has 1 aromatic carbocycles. The molecule has 2 heterocycles. The Labute approximate surface area is 140 Å². The predicted octanol–water partition coefficient (Wildman–Crippen LogP) is 3.32. The minimum atomic E-state index is -0.194. The molecule has 1 aliphatic rings. The summed E-state index contributed by atoms with van der Waals surface area (Å²) < 4.78 is 1.90. The number of aromatic nitrogens is 3. The first-order valence-electron chi connectivity index (χ1n) is 8.13. The molecule has 1 aliphatic carbocycles. The van der Waals surface area contributed by atoms with Gasteiger partial charge in [0.2, 0.25) is 0 Å². The number of para-hydroxylation sites is 1. The molecule has 2 aromatic heterocycles. The number of fused-ring (bicyclic) bond motifs is 1. The van der Waals surface area contributed by atoms with Gasteiger partial charge in [0, 0.05) is 17.0 Å². The molecule has 0 fully saturated rings. The van der Waals surface area contributed by atoms with E-state index in [1.807, 2.05) is 54.1 Å². The van der Waals surface area contributed by atoms with Gasteiger partial charge in [-0.2, -0.15) is 5.10 Å². The average molecular weight is 318 g/mol. The second-order valence-electron chi connectivity index (χ2n) is 5.99. The summed E-state index contributed by atoms with van der Waals surface area (Å²) in [5.41, 5.74) is 4.57. The number of benzene rings is 1. The highest BCUT2D eigenvalue weighted by atomic mass is 16.2. The monoisotopic (exact) mass is 318 g/mol. The molecule has 0 unspecified atom stereocenters. The quantitative estimate of drug-likeness (QED) is 0.806. The summed E-state index contributed by atoms with van der Waals surface area (Å²) in [5, 5.41) is 7.47. The second kappa shape index (κ2) is 5.92. The van der Waals surface area contributed by atoms with Gasteiger partial charge in [0.05, 0.1) is 5.69 Å². The van der Waals surface area contributed by atoms with Crippen molar-refractivity contribution in [2.45, 2.75) is 26.2 Å². The first kappa shape index (κ1) is 14.6. The van der Waals surface area contributed by atoms with Crippen LogP contribution in [0.3, 0.4) is 0 Å². The Morgan fingerprint density at radius 1 is 1.08 bits per heavy atom. The van der Waals surface area contributed by atoms with Crippen molar-refractivity contribution in [3.63, 3.8) is 0 Å². The number of hydrogen-bond donors (Lipinski definition) is 1. The van der Waals surface area contributed by atoms with Crippen molar-refractivity contribution in [2.75, 3.05) is 5.32 Å². The van der Waals surface area contributed by atoms with Crippen LogP contribution < -0.4 is 5.32 Å². The zero-order valence-corrected chi connectivity index (χ0v) is 13.5. The fourth-order valence-electron chi connectivity index (χ4n) is 3.19. The molecule has 0 saturated carbocycles. The molecule has 120 valence electrons. The number of aryl methyl sites for hydroxylation is 1. The number of nitrogens with zero attached hydrogens (tertiary/aromatic N) is 3. The van der Waals surface area contributed by atoms with Crippen molar-refractivity contribution >= 4 is 11.7 Å². The fourth-order valence-corrected chi connectivity index (χ4v) is 3.19. The Kier molecular flexibility index (Phi) is 3.61. The van der Waals surface area contributed by atoms with E-state index in [1.54, 1.807) is 6.07 Å². The van der Waals surface area contributed by atoms with Gasteiger partial charge in [-0.05, 0) is 50.5 Å². The molecule has 0 spiro atoms. The van der Waals surface area contributed by atoms with E-state index < -0.39 is 0 Å². The van der Waals surface area contributed by atoms with Gasteiger partial charge in [-0.3, -0.25) is 4.79 Å². The first-order chi connectivity index (χ1) is 11.7. The Bertz CT molecular complexity index is 899. The van der Waals surface area contributed by atoms with Gasteiger partial charge in [-0.25, -0.2) is 9.67 Å². The summed E-state index contributed by atoms with van der Waals surface area (Å²) >= 11 is 0. The van der Waals surface area contributed by atoms with E-state index in [1.165, 1.54) is 0 Å². The van der Waals surface area contributed by atoms with Crippen LogP contribution in [0.2, 0.25) is 0 Å². The number of pyridine rings is 1. The van der Waals surface area contributed by atoms with Gasteiger partial charge in [-0.1, -0.05) is 24.3 Å². The third-order valence-corrected chi connectivity index (χ3v) is 4.28. The van der Waals surface area contributed by atoms with Crippen molar-refractivity contribution in [1.82, 2.24) is 14.8 Å². The van der Waals surface area contributed by atoms with Gasteiger partial charge in [0.25, 0.3) is 5.91 Å². The number of nitrogens with one attached hydrogen (secondary N) is 1. The second-order valence-corrected chi connectivity index (χ2v) is 5.99. The Balaban J connectivity index is 1.70. The molecule has 5 nitrogen and oxygen atoms in total. The van der Waals surface area contributed by atoms with Gasteiger partial charge in [0.1, 0.15) is 5.82 Å². The molecular formula is C19H18N4O. The lowest BCUT2D eigenvalue weighted by molar-refractivity contribution is 0.102. The van der Waals surface area contributed by atoms with Crippen molar-refractivity contribution in [1.29, 1.82) is 0 Å². The van der Waals surface area contributed by atoms with Crippen molar-refractivity contribution in [3.8, 4) is 5.69 Å². The maximum absolute atomic E-state index is 12.7. The van der Waals surface area contributed by atoms with Crippen LogP contribution in [0.15, 0.2) is 48.5 Å². The third-order valence-electron chi connectivity index (χ3n) is 4.28. The van der Waals surface area contributed by atoms with Crippen molar-refractivity contribution in [2.24, 2.45) is 0 Å². The molecular weight excluding hydrogens is 300 g/mol. The third kappa shape index (κ3) is 2.58. The normalized spacial score (nSPS) is 12.9. The molecule has 1 amide bonds. The summed E-state index contributed by atoms with van der Waals surface area (Å²) in [7, 11) is 0. The van der Waals surface area contributed by atoms with E-state index in [-0.39, 0.29) is 5.91 Å². The maximum Gasteiger partial charge on any atom is 0.277 e. The first-order valence-corrected chi connectivity index (χ1v) is 8.13. The number of carbonyl (C=O) groups is 1. The highest BCUT2D eigenvalue weighted by Gasteiger charge is 2.27. The molecule has 0 aliphatic heterocycles. The summed E-state index contributed by atoms with van der Waals surface area (Å²) in [4.78, 5) is 17.0. The van der Waals surface area contributed by atoms with Gasteiger partial charge < -0.3 is 5.32 Å². The van der Waals surface area contributed by atoms with E-state index in [4.69, 9.17) is 0 Å². The van der Waals surface area contributed by atoms with E-state index in [0.29, 0.717) is 11.5 Å². The number of rotatable bonds is 3. The Hall–Kier alpha value is -2.95. The van der Waals surface area contributed by atoms with Crippen LogP contribution in [0.5, 0.6) is 0 Å². The minimum Gasteiger partial charge on any atom is -0.305 e. The summed E-state index contributed by atoms with van der Waals surface area (Å²) in [6.45, 7) is 1.90. The van der Waals surface area contributed by atoms with Crippen LogP contribution in [0.1, 0.15) is 33.9 Å². The SMILES string of the molecule is Cc1cccc(NC(=O)c2nn(-c3ccccc3)c3c2CCC3)n1. The van der Waals surface area contributed by atoms with Crippen LogP contribution >= 0.6 is 0 Å².